The van der Waals surface area contributed by atoms with Crippen LogP contribution in [0.15, 0.2) is 40.6 Å². The molecule has 9 heteroatoms. The average molecular weight is 423 g/mol. The first-order valence-corrected chi connectivity index (χ1v) is 10.5. The predicted molar refractivity (Wildman–Crippen MR) is 118 cm³/mol. The summed E-state index contributed by atoms with van der Waals surface area (Å²) in [7, 11) is 1.86. The molecule has 8 nitrogen and oxygen atoms in total. The number of aromatic nitrogens is 5. The zero-order valence-corrected chi connectivity index (χ0v) is 18.0. The van der Waals surface area contributed by atoms with Gasteiger partial charge in [-0.05, 0) is 26.8 Å². The van der Waals surface area contributed by atoms with Gasteiger partial charge in [0.1, 0.15) is 0 Å². The molecule has 1 amide bonds. The van der Waals surface area contributed by atoms with Crippen LogP contribution in [-0.2, 0) is 18.4 Å². The molecule has 3 heterocycles. The number of hydrogen-bond acceptors (Lipinski definition) is 6. The average Bonchev–Trinajstić information content (AvgIpc) is 3.33. The number of rotatable bonds is 5. The van der Waals surface area contributed by atoms with Gasteiger partial charge in [0.15, 0.2) is 5.13 Å². The van der Waals surface area contributed by atoms with Gasteiger partial charge in [0, 0.05) is 36.1 Å². The van der Waals surface area contributed by atoms with Crippen LogP contribution < -0.4 is 10.9 Å². The Morgan fingerprint density at radius 2 is 1.97 bits per heavy atom. The second-order valence-corrected chi connectivity index (χ2v) is 7.96. The van der Waals surface area contributed by atoms with Gasteiger partial charge < -0.3 is 5.32 Å². The first-order chi connectivity index (χ1) is 14.4. The third kappa shape index (κ3) is 3.52. The summed E-state index contributed by atoms with van der Waals surface area (Å²) in [4.78, 5) is 30.1. The van der Waals surface area contributed by atoms with Gasteiger partial charge in [-0.3, -0.25) is 14.3 Å². The summed E-state index contributed by atoms with van der Waals surface area (Å²) in [5.41, 5.74) is 3.01. The third-order valence-corrected chi connectivity index (χ3v) is 5.78. The molecule has 3 aromatic heterocycles. The zero-order valence-electron chi connectivity index (χ0n) is 17.2. The molecule has 0 aliphatic rings. The summed E-state index contributed by atoms with van der Waals surface area (Å²) in [5, 5.41) is 15.4. The smallest absolute Gasteiger partial charge is 0.274 e. The van der Waals surface area contributed by atoms with E-state index < -0.39 is 5.92 Å². The highest BCUT2D eigenvalue weighted by Gasteiger charge is 2.23. The number of anilines is 1. The Morgan fingerprint density at radius 1 is 1.23 bits per heavy atom. The number of amides is 1. The Bertz CT molecular complexity index is 1300. The third-order valence-electron chi connectivity index (χ3n) is 5.02. The summed E-state index contributed by atoms with van der Waals surface area (Å²) in [6, 6.07) is 7.26. The molecule has 0 fully saturated rings. The fraction of sp³-hybridized carbons (Fsp3) is 0.286. The van der Waals surface area contributed by atoms with Gasteiger partial charge in [-0.2, -0.15) is 10.2 Å². The largest absolute Gasteiger partial charge is 0.301 e. The van der Waals surface area contributed by atoms with E-state index >= 15 is 0 Å². The number of hydrogen-bond donors (Lipinski definition) is 1. The minimum absolute atomic E-state index is 0.152. The maximum Gasteiger partial charge on any atom is 0.274 e. The molecule has 0 spiro atoms. The van der Waals surface area contributed by atoms with Crippen molar-refractivity contribution >= 4 is 33.1 Å². The van der Waals surface area contributed by atoms with Crippen molar-refractivity contribution in [3.8, 4) is 11.3 Å². The lowest BCUT2D eigenvalue weighted by Crippen LogP contribution is -2.27. The van der Waals surface area contributed by atoms with Crippen LogP contribution in [0, 0.1) is 6.92 Å². The summed E-state index contributed by atoms with van der Waals surface area (Å²) in [6.07, 6.45) is 1.91. The SMILES string of the molecule is CCn1nc(C(C)C(=O)Nc2nc(-c3cn(C)nc3C)cs2)c2ccccc2c1=O. The second kappa shape index (κ2) is 7.83. The summed E-state index contributed by atoms with van der Waals surface area (Å²) in [6.45, 7) is 6.00. The fourth-order valence-corrected chi connectivity index (χ4v) is 4.15. The van der Waals surface area contributed by atoms with Crippen molar-refractivity contribution in [2.75, 3.05) is 5.32 Å². The summed E-state index contributed by atoms with van der Waals surface area (Å²) in [5.74, 6) is -0.779. The number of benzene rings is 1. The maximum atomic E-state index is 13.0. The van der Waals surface area contributed by atoms with E-state index in [0.29, 0.717) is 28.1 Å². The molecule has 4 aromatic rings. The number of carbonyl (C=O) groups is 1. The molecule has 0 aliphatic carbocycles. The topological polar surface area (TPSA) is 94.7 Å². The van der Waals surface area contributed by atoms with Gasteiger partial charge in [0.25, 0.3) is 5.56 Å². The van der Waals surface area contributed by atoms with Crippen molar-refractivity contribution in [2.45, 2.75) is 33.2 Å². The molecule has 0 saturated carbocycles. The van der Waals surface area contributed by atoms with Crippen molar-refractivity contribution in [1.82, 2.24) is 24.5 Å². The first kappa shape index (κ1) is 20.0. The molecule has 0 bridgehead atoms. The van der Waals surface area contributed by atoms with E-state index in [-0.39, 0.29) is 11.5 Å². The van der Waals surface area contributed by atoms with Crippen LogP contribution in [0.2, 0.25) is 0 Å². The Labute approximate surface area is 177 Å². The highest BCUT2D eigenvalue weighted by atomic mass is 32.1. The summed E-state index contributed by atoms with van der Waals surface area (Å²) >= 11 is 1.36. The van der Waals surface area contributed by atoms with Crippen molar-refractivity contribution < 1.29 is 4.79 Å². The van der Waals surface area contributed by atoms with Crippen molar-refractivity contribution in [3.63, 3.8) is 0 Å². The quantitative estimate of drug-likeness (QED) is 0.532. The van der Waals surface area contributed by atoms with Crippen molar-refractivity contribution in [1.29, 1.82) is 0 Å². The monoisotopic (exact) mass is 422 g/mol. The van der Waals surface area contributed by atoms with E-state index in [4.69, 9.17) is 0 Å². The van der Waals surface area contributed by atoms with Crippen LogP contribution in [0.1, 0.15) is 31.2 Å². The van der Waals surface area contributed by atoms with Gasteiger partial charge >= 0.3 is 0 Å². The molecule has 0 aliphatic heterocycles. The molecule has 30 heavy (non-hydrogen) atoms. The van der Waals surface area contributed by atoms with Crippen molar-refractivity contribution in [3.05, 3.63) is 57.6 Å². The normalized spacial score (nSPS) is 12.3. The molecular weight excluding hydrogens is 400 g/mol. The lowest BCUT2D eigenvalue weighted by molar-refractivity contribution is -0.117. The minimum Gasteiger partial charge on any atom is -0.301 e. The summed E-state index contributed by atoms with van der Waals surface area (Å²) < 4.78 is 3.14. The molecule has 0 radical (unpaired) electrons. The van der Waals surface area contributed by atoms with E-state index in [0.717, 1.165) is 17.0 Å². The lowest BCUT2D eigenvalue weighted by atomic mass is 10.0. The van der Waals surface area contributed by atoms with E-state index in [1.54, 1.807) is 17.7 Å². The van der Waals surface area contributed by atoms with Gasteiger partial charge in [-0.1, -0.05) is 18.2 Å². The fourth-order valence-electron chi connectivity index (χ4n) is 3.44. The van der Waals surface area contributed by atoms with Crippen LogP contribution in [0.3, 0.4) is 0 Å². The van der Waals surface area contributed by atoms with Crippen LogP contribution in [-0.4, -0.2) is 30.5 Å². The Morgan fingerprint density at radius 3 is 2.63 bits per heavy atom. The van der Waals surface area contributed by atoms with Crippen LogP contribution in [0.25, 0.3) is 22.0 Å². The standard InChI is InChI=1S/C21H22N6O2S/c1-5-27-20(29)15-9-7-6-8-14(15)18(25-27)12(2)19(28)23-21-22-17(11-30-21)16-10-26(4)24-13(16)3/h6-12H,5H2,1-4H3,(H,22,23,28). The molecule has 0 saturated heterocycles. The van der Waals surface area contributed by atoms with Crippen LogP contribution in [0.5, 0.6) is 0 Å². The van der Waals surface area contributed by atoms with Crippen LogP contribution >= 0.6 is 11.3 Å². The Balaban J connectivity index is 1.63. The number of nitrogens with zero attached hydrogens (tertiary/aromatic N) is 5. The van der Waals surface area contributed by atoms with Gasteiger partial charge in [-0.25, -0.2) is 9.67 Å². The van der Waals surface area contributed by atoms with Gasteiger partial charge in [-0.15, -0.1) is 11.3 Å². The Hall–Kier alpha value is -3.33. The number of fused-ring (bicyclic) bond motifs is 1. The molecule has 154 valence electrons. The minimum atomic E-state index is -0.555. The van der Waals surface area contributed by atoms with Crippen LogP contribution in [0.4, 0.5) is 5.13 Å². The van der Waals surface area contributed by atoms with E-state index in [1.165, 1.54) is 16.0 Å². The number of nitrogens with one attached hydrogen (secondary N) is 1. The van der Waals surface area contributed by atoms with Gasteiger partial charge in [0.2, 0.25) is 5.91 Å². The van der Waals surface area contributed by atoms with Gasteiger partial charge in [0.05, 0.1) is 28.4 Å². The maximum absolute atomic E-state index is 13.0. The van der Waals surface area contributed by atoms with Crippen molar-refractivity contribution in [2.24, 2.45) is 7.05 Å². The second-order valence-electron chi connectivity index (χ2n) is 7.10. The molecule has 1 aromatic carbocycles. The first-order valence-electron chi connectivity index (χ1n) is 9.65. The Kier molecular flexibility index (Phi) is 5.21. The van der Waals surface area contributed by atoms with E-state index in [2.05, 4.69) is 20.5 Å². The number of aryl methyl sites for hydroxylation is 3. The molecule has 1 N–H and O–H groups in total. The predicted octanol–water partition coefficient (Wildman–Crippen LogP) is 3.32. The molecule has 4 rings (SSSR count). The van der Waals surface area contributed by atoms with E-state index in [1.807, 2.05) is 50.7 Å². The highest BCUT2D eigenvalue weighted by Crippen LogP contribution is 2.28. The lowest BCUT2D eigenvalue weighted by Gasteiger charge is -2.14. The molecular formula is C21H22N6O2S. The molecule has 1 unspecified atom stereocenters. The van der Waals surface area contributed by atoms with E-state index in [9.17, 15) is 9.59 Å². The highest BCUT2D eigenvalue weighted by molar-refractivity contribution is 7.14. The number of thiazole rings is 1. The zero-order chi connectivity index (χ0) is 21.4. The number of carbonyl (C=O) groups excluding carboxylic acids is 1. The molecule has 1 atom stereocenters.